The van der Waals surface area contributed by atoms with Crippen LogP contribution in [0.5, 0.6) is 5.75 Å². The molecule has 1 aliphatic rings. The first-order chi connectivity index (χ1) is 10.5. The second kappa shape index (κ2) is 9.00. The van der Waals surface area contributed by atoms with Gasteiger partial charge >= 0.3 is 6.61 Å². The topological polar surface area (TPSA) is 64.8 Å². The van der Waals surface area contributed by atoms with E-state index in [0.717, 1.165) is 24.1 Å². The third-order valence-corrected chi connectivity index (χ3v) is 3.69. The summed E-state index contributed by atoms with van der Waals surface area (Å²) >= 11 is 0. The fourth-order valence-electron chi connectivity index (χ4n) is 2.58. The maximum Gasteiger partial charge on any atom is 0.387 e. The Bertz CT molecular complexity index is 527. The molecule has 0 spiro atoms. The number of halogens is 3. The molecule has 0 saturated carbocycles. The molecule has 1 atom stereocenters. The molecule has 0 radical (unpaired) electrons. The number of nitrogens with zero attached hydrogens (tertiary/aromatic N) is 1. The van der Waals surface area contributed by atoms with Gasteiger partial charge in [-0.3, -0.25) is 4.79 Å². The summed E-state index contributed by atoms with van der Waals surface area (Å²) in [5, 5.41) is 0. The Morgan fingerprint density at radius 3 is 2.78 bits per heavy atom. The van der Waals surface area contributed by atoms with Gasteiger partial charge in [-0.05, 0) is 36.6 Å². The number of fused-ring (bicyclic) bond motifs is 1. The van der Waals surface area contributed by atoms with Crippen LogP contribution in [0, 0.1) is 0 Å². The number of aryl methyl sites for hydroxylation is 1. The molecule has 0 bridgehead atoms. The largest absolute Gasteiger partial charge is 0.435 e. The fourth-order valence-corrected chi connectivity index (χ4v) is 2.58. The number of methoxy groups -OCH3 is 1. The van der Waals surface area contributed by atoms with Crippen LogP contribution in [0.25, 0.3) is 0 Å². The van der Waals surface area contributed by atoms with Crippen LogP contribution < -0.4 is 15.4 Å². The monoisotopic (exact) mass is 350 g/mol. The van der Waals surface area contributed by atoms with Crippen LogP contribution in [-0.4, -0.2) is 38.8 Å². The van der Waals surface area contributed by atoms with Crippen LogP contribution >= 0.6 is 12.4 Å². The number of alkyl halides is 2. The lowest BCUT2D eigenvalue weighted by Gasteiger charge is -2.30. The molecule has 2 N–H and O–H groups in total. The molecule has 0 aromatic heterocycles. The highest BCUT2D eigenvalue weighted by Gasteiger charge is 2.25. The van der Waals surface area contributed by atoms with Crippen molar-refractivity contribution in [1.29, 1.82) is 0 Å². The molecule has 8 heteroatoms. The number of hydrogen-bond donors (Lipinski definition) is 1. The Hall–Kier alpha value is -1.44. The number of carbonyl (C=O) groups is 1. The molecule has 1 amide bonds. The van der Waals surface area contributed by atoms with Crippen LogP contribution in [0.2, 0.25) is 0 Å². The normalized spacial score (nSPS) is 14.9. The van der Waals surface area contributed by atoms with Crippen LogP contribution in [0.15, 0.2) is 18.2 Å². The summed E-state index contributed by atoms with van der Waals surface area (Å²) in [5.41, 5.74) is 7.11. The Balaban J connectivity index is 0.00000264. The van der Waals surface area contributed by atoms with E-state index in [1.165, 1.54) is 13.2 Å². The third-order valence-electron chi connectivity index (χ3n) is 3.69. The number of nitrogens with two attached hydrogens (primary N) is 1. The molecular weight excluding hydrogens is 330 g/mol. The lowest BCUT2D eigenvalue weighted by atomic mass is 10.0. The van der Waals surface area contributed by atoms with Crippen LogP contribution in [0.1, 0.15) is 18.4 Å². The fraction of sp³-hybridized carbons (Fsp3) is 0.533. The molecule has 1 unspecified atom stereocenters. The molecule has 1 aromatic carbocycles. The van der Waals surface area contributed by atoms with Gasteiger partial charge in [0.05, 0.1) is 12.5 Å². The van der Waals surface area contributed by atoms with Gasteiger partial charge in [0.15, 0.2) is 0 Å². The molecule has 0 fully saturated rings. The summed E-state index contributed by atoms with van der Waals surface area (Å²) in [6.07, 6.45) is 1.38. The summed E-state index contributed by atoms with van der Waals surface area (Å²) in [6, 6.07) is 4.67. The van der Waals surface area contributed by atoms with E-state index in [0.29, 0.717) is 6.54 Å². The van der Waals surface area contributed by atoms with E-state index in [1.807, 2.05) is 0 Å². The molecule has 0 saturated heterocycles. The summed E-state index contributed by atoms with van der Waals surface area (Å²) in [6.45, 7) is -1.99. The zero-order valence-electron chi connectivity index (χ0n) is 12.8. The number of hydrogen-bond acceptors (Lipinski definition) is 4. The van der Waals surface area contributed by atoms with E-state index < -0.39 is 6.61 Å². The Morgan fingerprint density at radius 2 is 2.17 bits per heavy atom. The number of carbonyl (C=O) groups excluding carboxylic acids is 1. The van der Waals surface area contributed by atoms with Crippen molar-refractivity contribution in [2.75, 3.05) is 25.1 Å². The van der Waals surface area contributed by atoms with Gasteiger partial charge in [-0.15, -0.1) is 12.4 Å². The minimum Gasteiger partial charge on any atom is -0.435 e. The minimum atomic E-state index is -2.86. The van der Waals surface area contributed by atoms with E-state index in [1.54, 1.807) is 17.0 Å². The van der Waals surface area contributed by atoms with Gasteiger partial charge in [-0.1, -0.05) is 0 Å². The van der Waals surface area contributed by atoms with Crippen molar-refractivity contribution in [3.63, 3.8) is 0 Å². The van der Waals surface area contributed by atoms with Crippen molar-refractivity contribution in [3.05, 3.63) is 23.8 Å². The van der Waals surface area contributed by atoms with E-state index >= 15 is 0 Å². The van der Waals surface area contributed by atoms with Crippen molar-refractivity contribution in [3.8, 4) is 5.75 Å². The first kappa shape index (κ1) is 19.6. The molecule has 1 aliphatic heterocycles. The SMILES string of the molecule is COC(CN)CC(=O)N1CCCc2cc(OC(F)F)ccc21.Cl. The van der Waals surface area contributed by atoms with Gasteiger partial charge in [0.1, 0.15) is 5.75 Å². The number of benzene rings is 1. The van der Waals surface area contributed by atoms with Gasteiger partial charge in [-0.25, -0.2) is 0 Å². The van der Waals surface area contributed by atoms with Gasteiger partial charge in [0.2, 0.25) is 5.91 Å². The van der Waals surface area contributed by atoms with Crippen molar-refractivity contribution < 1.29 is 23.0 Å². The highest BCUT2D eigenvalue weighted by Crippen LogP contribution is 2.31. The molecule has 130 valence electrons. The smallest absolute Gasteiger partial charge is 0.387 e. The van der Waals surface area contributed by atoms with Gasteiger partial charge < -0.3 is 20.1 Å². The predicted molar refractivity (Wildman–Crippen MR) is 85.5 cm³/mol. The molecule has 1 heterocycles. The number of ether oxygens (including phenoxy) is 2. The summed E-state index contributed by atoms with van der Waals surface area (Å²) in [4.78, 5) is 14.1. The minimum absolute atomic E-state index is 0. The highest BCUT2D eigenvalue weighted by molar-refractivity contribution is 5.95. The van der Waals surface area contributed by atoms with E-state index in [-0.39, 0.29) is 43.1 Å². The predicted octanol–water partition coefficient (Wildman–Crippen LogP) is 2.35. The van der Waals surface area contributed by atoms with Crippen LogP contribution in [-0.2, 0) is 16.0 Å². The summed E-state index contributed by atoms with van der Waals surface area (Å²) in [5.74, 6) is 0.0283. The lowest BCUT2D eigenvalue weighted by Crippen LogP contribution is -2.39. The van der Waals surface area contributed by atoms with Gasteiger partial charge in [0.25, 0.3) is 0 Å². The Morgan fingerprint density at radius 1 is 1.43 bits per heavy atom. The third kappa shape index (κ3) is 5.02. The van der Waals surface area contributed by atoms with E-state index in [9.17, 15) is 13.6 Å². The van der Waals surface area contributed by atoms with Crippen LogP contribution in [0.4, 0.5) is 14.5 Å². The van der Waals surface area contributed by atoms with E-state index in [2.05, 4.69) is 4.74 Å². The first-order valence-corrected chi connectivity index (χ1v) is 7.16. The second-order valence-corrected chi connectivity index (χ2v) is 5.12. The van der Waals surface area contributed by atoms with E-state index in [4.69, 9.17) is 10.5 Å². The molecular formula is C15H21ClF2N2O3. The maximum absolute atomic E-state index is 12.4. The Kier molecular flexibility index (Phi) is 7.67. The highest BCUT2D eigenvalue weighted by atomic mass is 35.5. The van der Waals surface area contributed by atoms with Gasteiger partial charge in [0, 0.05) is 25.9 Å². The molecule has 5 nitrogen and oxygen atoms in total. The average molecular weight is 351 g/mol. The lowest BCUT2D eigenvalue weighted by molar-refractivity contribution is -0.120. The zero-order valence-corrected chi connectivity index (χ0v) is 13.7. The van der Waals surface area contributed by atoms with Crippen LogP contribution in [0.3, 0.4) is 0 Å². The zero-order chi connectivity index (χ0) is 16.1. The summed E-state index contributed by atoms with van der Waals surface area (Å²) in [7, 11) is 1.52. The van der Waals surface area contributed by atoms with Crippen molar-refractivity contribution in [2.24, 2.45) is 5.73 Å². The number of rotatable bonds is 6. The van der Waals surface area contributed by atoms with Gasteiger partial charge in [-0.2, -0.15) is 8.78 Å². The Labute approximate surface area is 140 Å². The molecule has 2 rings (SSSR count). The van der Waals surface area contributed by atoms with Crippen molar-refractivity contribution in [2.45, 2.75) is 32.0 Å². The van der Waals surface area contributed by atoms with Crippen molar-refractivity contribution >= 4 is 24.0 Å². The summed E-state index contributed by atoms with van der Waals surface area (Å²) < 4.78 is 34.1. The number of anilines is 1. The molecule has 1 aromatic rings. The first-order valence-electron chi connectivity index (χ1n) is 7.16. The quantitative estimate of drug-likeness (QED) is 0.855. The van der Waals surface area contributed by atoms with Crippen molar-refractivity contribution in [1.82, 2.24) is 0 Å². The average Bonchev–Trinajstić information content (AvgIpc) is 2.50. The molecule has 23 heavy (non-hydrogen) atoms. The second-order valence-electron chi connectivity index (χ2n) is 5.12. The standard InChI is InChI=1S/C15H20F2N2O3.ClH/c1-21-12(9-18)8-14(20)19-6-2-3-10-7-11(22-15(16)17)4-5-13(10)19;/h4-5,7,12,15H,2-3,6,8-9,18H2,1H3;1H. The maximum atomic E-state index is 12.4. The molecule has 0 aliphatic carbocycles. The number of amides is 1.